The molecule has 1 aliphatic rings. The summed E-state index contributed by atoms with van der Waals surface area (Å²) >= 11 is 12.2. The van der Waals surface area contributed by atoms with Crippen LogP contribution in [0.25, 0.3) is 0 Å². The van der Waals surface area contributed by atoms with Crippen molar-refractivity contribution in [1.29, 1.82) is 0 Å². The maximum Gasteiger partial charge on any atom is 0.336 e. The van der Waals surface area contributed by atoms with E-state index in [2.05, 4.69) is 5.32 Å². The van der Waals surface area contributed by atoms with Crippen LogP contribution in [0, 0.1) is 0 Å². The number of carboxylic acids is 1. The number of amides is 3. The highest BCUT2D eigenvalue weighted by Crippen LogP contribution is 2.32. The first-order valence-electron chi connectivity index (χ1n) is 11.9. The Morgan fingerprint density at radius 2 is 1.33 bits per heavy atom. The minimum absolute atomic E-state index is 0.0573. The van der Waals surface area contributed by atoms with Gasteiger partial charge in [-0.25, -0.2) is 9.69 Å². The number of aromatic carboxylic acids is 1. The number of hydrogen-bond donors (Lipinski definition) is 2. The zero-order valence-electron chi connectivity index (χ0n) is 20.3. The summed E-state index contributed by atoms with van der Waals surface area (Å²) in [6.45, 7) is 0. The number of fused-ring (bicyclic) bond motifs is 1. The third kappa shape index (κ3) is 5.14. The third-order valence-electron chi connectivity index (χ3n) is 6.44. The van der Waals surface area contributed by atoms with Crippen LogP contribution in [-0.4, -0.2) is 28.8 Å². The Bertz CT molecular complexity index is 1630. The van der Waals surface area contributed by atoms with Crippen molar-refractivity contribution in [2.75, 3.05) is 10.2 Å². The molecule has 4 aromatic carbocycles. The van der Waals surface area contributed by atoms with Crippen LogP contribution in [0.2, 0.25) is 10.0 Å². The van der Waals surface area contributed by atoms with Crippen molar-refractivity contribution in [1.82, 2.24) is 0 Å². The molecule has 4 aromatic rings. The number of hydrogen-bond acceptors (Lipinski definition) is 4. The molecule has 0 saturated carbocycles. The molecule has 0 spiro atoms. The maximum absolute atomic E-state index is 12.8. The van der Waals surface area contributed by atoms with Crippen molar-refractivity contribution in [3.05, 3.63) is 128 Å². The van der Waals surface area contributed by atoms with Gasteiger partial charge < -0.3 is 10.4 Å². The molecule has 0 atom stereocenters. The number of anilines is 2. The van der Waals surface area contributed by atoms with Gasteiger partial charge in [0, 0.05) is 5.69 Å². The summed E-state index contributed by atoms with van der Waals surface area (Å²) in [6, 6.07) is 23.5. The molecule has 1 heterocycles. The molecule has 5 rings (SSSR count). The van der Waals surface area contributed by atoms with Crippen LogP contribution in [0.15, 0.2) is 84.9 Å². The highest BCUT2D eigenvalue weighted by molar-refractivity contribution is 6.42. The Morgan fingerprint density at radius 3 is 1.95 bits per heavy atom. The third-order valence-corrected chi connectivity index (χ3v) is 7.07. The molecular formula is C30H20Cl2N2O5. The van der Waals surface area contributed by atoms with Gasteiger partial charge in [-0.1, -0.05) is 59.6 Å². The fourth-order valence-electron chi connectivity index (χ4n) is 4.46. The molecule has 39 heavy (non-hydrogen) atoms. The molecule has 0 unspecified atom stereocenters. The first kappa shape index (κ1) is 26.2. The maximum atomic E-state index is 12.8. The quantitative estimate of drug-likeness (QED) is 0.251. The molecule has 9 heteroatoms. The van der Waals surface area contributed by atoms with E-state index >= 15 is 0 Å². The first-order chi connectivity index (χ1) is 18.7. The molecular weight excluding hydrogens is 539 g/mol. The Labute approximate surface area is 233 Å². The lowest BCUT2D eigenvalue weighted by Crippen LogP contribution is -2.29. The molecule has 0 fully saturated rings. The van der Waals surface area contributed by atoms with Crippen LogP contribution >= 0.6 is 23.2 Å². The minimum atomic E-state index is -1.24. The molecule has 0 aliphatic carbocycles. The highest BCUT2D eigenvalue weighted by Gasteiger charge is 2.38. The lowest BCUT2D eigenvalue weighted by molar-refractivity contribution is 0.0692. The van der Waals surface area contributed by atoms with E-state index < -0.39 is 23.7 Å². The predicted molar refractivity (Wildman–Crippen MR) is 149 cm³/mol. The van der Waals surface area contributed by atoms with Crippen LogP contribution in [0.5, 0.6) is 0 Å². The fraction of sp³-hybridized carbons (Fsp3) is 0.0667. The van der Waals surface area contributed by atoms with Crippen LogP contribution in [0.1, 0.15) is 52.6 Å². The highest BCUT2D eigenvalue weighted by atomic mass is 35.5. The number of carboxylic acid groups (broad SMARTS) is 1. The van der Waals surface area contributed by atoms with Crippen molar-refractivity contribution in [2.45, 2.75) is 12.8 Å². The Morgan fingerprint density at radius 1 is 0.744 bits per heavy atom. The summed E-state index contributed by atoms with van der Waals surface area (Å²) in [6.07, 6.45) is 1.42. The summed E-state index contributed by atoms with van der Waals surface area (Å²) in [4.78, 5) is 50.9. The molecule has 1 aliphatic heterocycles. The summed E-state index contributed by atoms with van der Waals surface area (Å²) in [5, 5.41) is 12.4. The first-order valence-corrected chi connectivity index (χ1v) is 12.7. The van der Waals surface area contributed by atoms with Gasteiger partial charge in [0.25, 0.3) is 17.7 Å². The summed E-state index contributed by atoms with van der Waals surface area (Å²) in [7, 11) is 0. The standard InChI is InChI=1S/C30H20Cl2N2O5/c31-23-5-2-4-22(30(38)39)25(23)27(35)33-19-13-9-17(10-14-19)7-8-18-11-15-20(16-12-18)34-28(36)21-3-1-6-24(32)26(21)29(34)37/h1-6,9-16H,7-8H2,(H,33,35)(H,38,39). The van der Waals surface area contributed by atoms with E-state index in [0.717, 1.165) is 16.0 Å². The summed E-state index contributed by atoms with van der Waals surface area (Å²) in [5.74, 6) is -2.68. The second kappa shape index (κ2) is 10.7. The van der Waals surface area contributed by atoms with Crippen LogP contribution in [0.3, 0.4) is 0 Å². The molecule has 0 aromatic heterocycles. The lowest BCUT2D eigenvalue weighted by atomic mass is 10.0. The normalized spacial score (nSPS) is 12.4. The summed E-state index contributed by atoms with van der Waals surface area (Å²) < 4.78 is 0. The monoisotopic (exact) mass is 558 g/mol. The van der Waals surface area contributed by atoms with Gasteiger partial charge in [-0.2, -0.15) is 0 Å². The number of carbonyl (C=O) groups excluding carboxylic acids is 3. The second-order valence-corrected chi connectivity index (χ2v) is 9.71. The summed E-state index contributed by atoms with van der Waals surface area (Å²) in [5.41, 5.74) is 3.28. The van der Waals surface area contributed by atoms with Gasteiger partial charge in [-0.05, 0) is 72.5 Å². The molecule has 3 amide bonds. The van der Waals surface area contributed by atoms with Crippen molar-refractivity contribution >= 4 is 58.3 Å². The SMILES string of the molecule is O=C(O)c1cccc(Cl)c1C(=O)Nc1ccc(CCc2ccc(N3C(=O)c4cccc(Cl)c4C3=O)cc2)cc1. The molecule has 0 saturated heterocycles. The average molecular weight is 559 g/mol. The number of aryl methyl sites for hydroxylation is 2. The van der Waals surface area contributed by atoms with Gasteiger partial charge in [0.1, 0.15) is 0 Å². The van der Waals surface area contributed by atoms with E-state index in [1.165, 1.54) is 18.2 Å². The van der Waals surface area contributed by atoms with E-state index in [0.29, 0.717) is 29.8 Å². The average Bonchev–Trinajstić information content (AvgIpc) is 3.18. The van der Waals surface area contributed by atoms with E-state index in [1.807, 2.05) is 24.3 Å². The fourth-order valence-corrected chi connectivity index (χ4v) is 4.98. The number of halogens is 2. The Kier molecular flexibility index (Phi) is 7.19. The van der Waals surface area contributed by atoms with Gasteiger partial charge in [-0.15, -0.1) is 0 Å². The van der Waals surface area contributed by atoms with Crippen LogP contribution in [0.4, 0.5) is 11.4 Å². The number of imide groups is 1. The zero-order valence-corrected chi connectivity index (χ0v) is 21.8. The largest absolute Gasteiger partial charge is 0.478 e. The Hall–Kier alpha value is -4.46. The predicted octanol–water partition coefficient (Wildman–Crippen LogP) is 6.53. The van der Waals surface area contributed by atoms with E-state index in [1.54, 1.807) is 42.5 Å². The van der Waals surface area contributed by atoms with Crippen molar-refractivity contribution in [3.63, 3.8) is 0 Å². The van der Waals surface area contributed by atoms with Crippen LogP contribution in [-0.2, 0) is 12.8 Å². The number of nitrogens with one attached hydrogen (secondary N) is 1. The number of rotatable bonds is 7. The van der Waals surface area contributed by atoms with E-state index in [-0.39, 0.29) is 26.7 Å². The topological polar surface area (TPSA) is 104 Å². The van der Waals surface area contributed by atoms with Gasteiger partial charge in [0.15, 0.2) is 0 Å². The second-order valence-electron chi connectivity index (χ2n) is 8.89. The minimum Gasteiger partial charge on any atom is -0.478 e. The molecule has 194 valence electrons. The van der Waals surface area contributed by atoms with E-state index in [4.69, 9.17) is 23.2 Å². The van der Waals surface area contributed by atoms with Gasteiger partial charge in [0.2, 0.25) is 0 Å². The van der Waals surface area contributed by atoms with Gasteiger partial charge in [0.05, 0.1) is 38.0 Å². The van der Waals surface area contributed by atoms with Gasteiger partial charge in [-0.3, -0.25) is 14.4 Å². The smallest absolute Gasteiger partial charge is 0.336 e. The molecule has 0 bridgehead atoms. The molecule has 7 nitrogen and oxygen atoms in total. The molecule has 2 N–H and O–H groups in total. The number of carbonyl (C=O) groups is 4. The lowest BCUT2D eigenvalue weighted by Gasteiger charge is -2.14. The Balaban J connectivity index is 1.21. The number of nitrogens with zero attached hydrogens (tertiary/aromatic N) is 1. The van der Waals surface area contributed by atoms with Crippen molar-refractivity contribution in [3.8, 4) is 0 Å². The molecule has 0 radical (unpaired) electrons. The number of benzene rings is 4. The van der Waals surface area contributed by atoms with Crippen LogP contribution < -0.4 is 10.2 Å². The van der Waals surface area contributed by atoms with Crippen molar-refractivity contribution < 1.29 is 24.3 Å². The van der Waals surface area contributed by atoms with E-state index in [9.17, 15) is 24.3 Å². The van der Waals surface area contributed by atoms with Crippen molar-refractivity contribution in [2.24, 2.45) is 0 Å². The van der Waals surface area contributed by atoms with Gasteiger partial charge >= 0.3 is 5.97 Å². The zero-order chi connectivity index (χ0) is 27.7.